The quantitative estimate of drug-likeness (QED) is 0.731. The van der Waals surface area contributed by atoms with Crippen LogP contribution in [0.3, 0.4) is 0 Å². The highest BCUT2D eigenvalue weighted by molar-refractivity contribution is 7.09. The second-order valence-corrected chi connectivity index (χ2v) is 4.94. The first-order chi connectivity index (χ1) is 9.65. The van der Waals surface area contributed by atoms with Crippen molar-refractivity contribution >= 4 is 22.7 Å². The Morgan fingerprint density at radius 2 is 2.05 bits per heavy atom. The Kier molecular flexibility index (Phi) is 2.97. The van der Waals surface area contributed by atoms with Crippen molar-refractivity contribution in [1.29, 1.82) is 0 Å². The zero-order valence-electron chi connectivity index (χ0n) is 10.9. The molecular formula is C11H12N6O2S. The highest BCUT2D eigenvalue weighted by Gasteiger charge is 2.17. The van der Waals surface area contributed by atoms with Crippen LogP contribution < -0.4 is 11.2 Å². The summed E-state index contributed by atoms with van der Waals surface area (Å²) in [7, 11) is 0. The number of aromatic amines is 2. The Labute approximate surface area is 116 Å². The summed E-state index contributed by atoms with van der Waals surface area (Å²) in [5, 5.41) is 4.02. The minimum atomic E-state index is -0.469. The normalized spacial score (nSPS) is 11.3. The maximum atomic E-state index is 11.8. The Morgan fingerprint density at radius 3 is 2.75 bits per heavy atom. The van der Waals surface area contributed by atoms with Crippen LogP contribution in [0.1, 0.15) is 19.5 Å². The molecule has 3 aromatic heterocycles. The zero-order chi connectivity index (χ0) is 14.3. The maximum Gasteiger partial charge on any atom is 0.330 e. The van der Waals surface area contributed by atoms with Crippen LogP contribution in [0.4, 0.5) is 0 Å². The fraction of sp³-hybridized carbons (Fsp3) is 0.364. The molecule has 0 amide bonds. The molecule has 0 aromatic carbocycles. The van der Waals surface area contributed by atoms with Crippen molar-refractivity contribution in [2.45, 2.75) is 26.8 Å². The van der Waals surface area contributed by atoms with Gasteiger partial charge in [0, 0.05) is 6.54 Å². The number of H-pyrrole nitrogens is 2. The van der Waals surface area contributed by atoms with Gasteiger partial charge in [-0.25, -0.2) is 9.78 Å². The minimum Gasteiger partial charge on any atom is -0.331 e. The average Bonchev–Trinajstić information content (AvgIpc) is 3.04. The lowest BCUT2D eigenvalue weighted by atomic mass is 10.3. The van der Waals surface area contributed by atoms with Crippen molar-refractivity contribution in [3.63, 3.8) is 0 Å². The van der Waals surface area contributed by atoms with E-state index < -0.39 is 11.2 Å². The third-order valence-corrected chi connectivity index (χ3v) is 3.83. The third kappa shape index (κ3) is 1.78. The second kappa shape index (κ2) is 4.67. The fourth-order valence-corrected chi connectivity index (χ4v) is 2.76. The number of imidazole rings is 1. The number of hydrogen-bond donors (Lipinski definition) is 2. The van der Waals surface area contributed by atoms with E-state index in [9.17, 15) is 9.59 Å². The van der Waals surface area contributed by atoms with E-state index in [1.165, 1.54) is 16.1 Å². The molecule has 0 atom stereocenters. The highest BCUT2D eigenvalue weighted by Crippen LogP contribution is 2.24. The Bertz CT molecular complexity index is 886. The van der Waals surface area contributed by atoms with Gasteiger partial charge in [0.05, 0.1) is 5.69 Å². The molecule has 2 N–H and O–H groups in total. The number of nitrogens with one attached hydrogen (secondary N) is 2. The molecule has 0 saturated heterocycles. The first-order valence-corrected chi connectivity index (χ1v) is 6.97. The van der Waals surface area contributed by atoms with Gasteiger partial charge in [-0.1, -0.05) is 11.4 Å². The first-order valence-electron chi connectivity index (χ1n) is 6.20. The van der Waals surface area contributed by atoms with E-state index in [2.05, 4.69) is 24.5 Å². The van der Waals surface area contributed by atoms with Gasteiger partial charge in [-0.3, -0.25) is 14.3 Å². The number of aryl methyl sites for hydroxylation is 2. The van der Waals surface area contributed by atoms with Crippen LogP contribution in [0, 0.1) is 0 Å². The van der Waals surface area contributed by atoms with E-state index in [4.69, 9.17) is 0 Å². The third-order valence-electron chi connectivity index (χ3n) is 3.06. The topological polar surface area (TPSA) is 109 Å². The van der Waals surface area contributed by atoms with Gasteiger partial charge in [0.1, 0.15) is 10.4 Å². The Balaban J connectivity index is 2.33. The number of hydrogen-bond acceptors (Lipinski definition) is 6. The largest absolute Gasteiger partial charge is 0.331 e. The van der Waals surface area contributed by atoms with Gasteiger partial charge in [0.25, 0.3) is 5.56 Å². The Morgan fingerprint density at radius 1 is 1.25 bits per heavy atom. The maximum absolute atomic E-state index is 11.8. The fourth-order valence-electron chi connectivity index (χ4n) is 2.06. The molecule has 8 nitrogen and oxygen atoms in total. The summed E-state index contributed by atoms with van der Waals surface area (Å²) >= 11 is 1.21. The molecule has 20 heavy (non-hydrogen) atoms. The van der Waals surface area contributed by atoms with Crippen LogP contribution in [-0.2, 0) is 13.0 Å². The standard InChI is InChI=1S/C11H12N6O2S/c1-3-5-7(20-16-15-5)8-12-6-9(13-8)17(4-2)11(19)14-10(6)18/h3-4H2,1-2H3,(H,12,13)(H,14,18,19). The number of fused-ring (bicyclic) bond motifs is 1. The first kappa shape index (κ1) is 12.7. The van der Waals surface area contributed by atoms with Gasteiger partial charge in [0.15, 0.2) is 11.5 Å². The van der Waals surface area contributed by atoms with Crippen molar-refractivity contribution in [2.75, 3.05) is 0 Å². The van der Waals surface area contributed by atoms with E-state index in [0.717, 1.165) is 17.0 Å². The molecule has 0 aliphatic heterocycles. The molecule has 0 fully saturated rings. The summed E-state index contributed by atoms with van der Waals surface area (Å²) in [5.41, 5.74) is 0.532. The summed E-state index contributed by atoms with van der Waals surface area (Å²) in [6.07, 6.45) is 0.722. The molecule has 0 aliphatic rings. The van der Waals surface area contributed by atoms with Crippen LogP contribution in [0.25, 0.3) is 21.9 Å². The van der Waals surface area contributed by atoms with Crippen molar-refractivity contribution < 1.29 is 0 Å². The van der Waals surface area contributed by atoms with Gasteiger partial charge in [-0.15, -0.1) is 5.10 Å². The minimum absolute atomic E-state index is 0.289. The zero-order valence-corrected chi connectivity index (χ0v) is 11.7. The van der Waals surface area contributed by atoms with Crippen LogP contribution >= 0.6 is 11.5 Å². The van der Waals surface area contributed by atoms with Crippen LogP contribution in [0.5, 0.6) is 0 Å². The highest BCUT2D eigenvalue weighted by atomic mass is 32.1. The van der Waals surface area contributed by atoms with E-state index >= 15 is 0 Å². The monoisotopic (exact) mass is 292 g/mol. The second-order valence-electron chi connectivity index (χ2n) is 4.19. The molecule has 3 heterocycles. The predicted molar refractivity (Wildman–Crippen MR) is 74.9 cm³/mol. The Hall–Kier alpha value is -2.29. The lowest BCUT2D eigenvalue weighted by molar-refractivity contribution is 0.720. The van der Waals surface area contributed by atoms with E-state index in [1.54, 1.807) is 0 Å². The molecule has 0 aliphatic carbocycles. The summed E-state index contributed by atoms with van der Waals surface area (Å²) in [5.74, 6) is 0.519. The number of rotatable bonds is 3. The van der Waals surface area contributed by atoms with Crippen molar-refractivity contribution in [3.8, 4) is 10.7 Å². The molecule has 0 radical (unpaired) electrons. The molecule has 9 heteroatoms. The van der Waals surface area contributed by atoms with Crippen molar-refractivity contribution in [3.05, 3.63) is 26.5 Å². The van der Waals surface area contributed by atoms with Gasteiger partial charge in [-0.2, -0.15) is 0 Å². The lowest BCUT2D eigenvalue weighted by Gasteiger charge is -1.99. The summed E-state index contributed by atoms with van der Waals surface area (Å²) in [6, 6.07) is 0. The molecule has 0 spiro atoms. The van der Waals surface area contributed by atoms with Crippen LogP contribution in [0.2, 0.25) is 0 Å². The van der Waals surface area contributed by atoms with E-state index in [-0.39, 0.29) is 5.52 Å². The average molecular weight is 292 g/mol. The van der Waals surface area contributed by atoms with Crippen molar-refractivity contribution in [2.24, 2.45) is 0 Å². The van der Waals surface area contributed by atoms with Crippen LogP contribution in [-0.4, -0.2) is 29.1 Å². The van der Waals surface area contributed by atoms with Gasteiger partial charge >= 0.3 is 5.69 Å². The molecule has 0 saturated carbocycles. The SMILES string of the molecule is CCc1nnsc1-c1nc2c([nH]1)c(=O)[nH]c(=O)n2CC. The molecule has 3 aromatic rings. The predicted octanol–water partition coefficient (Wildman–Crippen LogP) is 0.514. The molecule has 3 rings (SSSR count). The molecular weight excluding hydrogens is 280 g/mol. The lowest BCUT2D eigenvalue weighted by Crippen LogP contribution is -2.29. The van der Waals surface area contributed by atoms with Gasteiger partial charge in [0.2, 0.25) is 0 Å². The summed E-state index contributed by atoms with van der Waals surface area (Å²) in [6.45, 7) is 4.22. The molecule has 0 bridgehead atoms. The number of aromatic nitrogens is 6. The van der Waals surface area contributed by atoms with Crippen LogP contribution in [0.15, 0.2) is 9.59 Å². The summed E-state index contributed by atoms with van der Waals surface area (Å²) in [4.78, 5) is 34.0. The van der Waals surface area contributed by atoms with E-state index in [1.807, 2.05) is 13.8 Å². The van der Waals surface area contributed by atoms with Gasteiger partial charge < -0.3 is 4.98 Å². The summed E-state index contributed by atoms with van der Waals surface area (Å²) < 4.78 is 5.31. The smallest absolute Gasteiger partial charge is 0.330 e. The molecule has 0 unspecified atom stereocenters. The number of nitrogens with zero attached hydrogens (tertiary/aromatic N) is 4. The molecule has 104 valence electrons. The van der Waals surface area contributed by atoms with Gasteiger partial charge in [-0.05, 0) is 24.9 Å². The van der Waals surface area contributed by atoms with E-state index in [0.29, 0.717) is 18.0 Å². The van der Waals surface area contributed by atoms with Crippen molar-refractivity contribution in [1.82, 2.24) is 29.1 Å².